The van der Waals surface area contributed by atoms with Gasteiger partial charge in [-0.15, -0.1) is 11.8 Å². The van der Waals surface area contributed by atoms with Gasteiger partial charge in [0.15, 0.2) is 0 Å². The van der Waals surface area contributed by atoms with Crippen molar-refractivity contribution in [3.8, 4) is 0 Å². The van der Waals surface area contributed by atoms with E-state index in [1.54, 1.807) is 30.0 Å². The fourth-order valence-corrected chi connectivity index (χ4v) is 2.46. The second kappa shape index (κ2) is 7.27. The highest BCUT2D eigenvalue weighted by atomic mass is 35.5. The summed E-state index contributed by atoms with van der Waals surface area (Å²) in [6, 6.07) is 5.02. The van der Waals surface area contributed by atoms with E-state index in [1.807, 2.05) is 6.92 Å². The van der Waals surface area contributed by atoms with Crippen LogP contribution < -0.4 is 5.32 Å². The van der Waals surface area contributed by atoms with Crippen LogP contribution in [0.4, 0.5) is 5.69 Å². The van der Waals surface area contributed by atoms with Gasteiger partial charge in [0.1, 0.15) is 0 Å². The van der Waals surface area contributed by atoms with Crippen LogP contribution in [0.1, 0.15) is 20.8 Å². The molecule has 0 aliphatic carbocycles. The maximum Gasteiger partial charge on any atom is 0.237 e. The number of rotatable bonds is 5. The number of benzene rings is 1. The highest BCUT2D eigenvalue weighted by Gasteiger charge is 2.15. The van der Waals surface area contributed by atoms with Crippen molar-refractivity contribution in [3.05, 3.63) is 28.2 Å². The van der Waals surface area contributed by atoms with Crippen LogP contribution in [0.15, 0.2) is 18.2 Å². The van der Waals surface area contributed by atoms with E-state index in [2.05, 4.69) is 19.2 Å². The zero-order chi connectivity index (χ0) is 13.7. The number of nitrogens with one attached hydrogen (secondary N) is 1. The lowest BCUT2D eigenvalue weighted by molar-refractivity contribution is -0.115. The van der Waals surface area contributed by atoms with E-state index in [1.165, 1.54) is 0 Å². The summed E-state index contributed by atoms with van der Waals surface area (Å²) in [5, 5.41) is 3.74. The molecule has 0 heterocycles. The molecule has 1 aromatic carbocycles. The maximum absolute atomic E-state index is 12.0. The number of anilines is 1. The Morgan fingerprint density at radius 2 is 2.00 bits per heavy atom. The summed E-state index contributed by atoms with van der Waals surface area (Å²) in [4.78, 5) is 12.0. The summed E-state index contributed by atoms with van der Waals surface area (Å²) in [5.41, 5.74) is 0.561. The van der Waals surface area contributed by atoms with Gasteiger partial charge in [-0.2, -0.15) is 0 Å². The number of carbonyl (C=O) groups excluding carboxylic acids is 1. The number of amides is 1. The molecule has 0 aromatic heterocycles. The number of carbonyl (C=O) groups is 1. The summed E-state index contributed by atoms with van der Waals surface area (Å²) >= 11 is 13.5. The van der Waals surface area contributed by atoms with E-state index in [9.17, 15) is 4.79 Å². The monoisotopic (exact) mass is 305 g/mol. The lowest BCUT2D eigenvalue weighted by atomic mass is 10.3. The van der Waals surface area contributed by atoms with E-state index in [-0.39, 0.29) is 11.2 Å². The fourth-order valence-electron chi connectivity index (χ4n) is 1.24. The van der Waals surface area contributed by atoms with Gasteiger partial charge in [0, 0.05) is 5.02 Å². The predicted octanol–water partition coefficient (Wildman–Crippen LogP) is 4.71. The normalized spacial score (nSPS) is 12.6. The second-order valence-corrected chi connectivity index (χ2v) is 6.70. The molecular weight excluding hydrogens is 289 g/mol. The van der Waals surface area contributed by atoms with Crippen LogP contribution in [0.25, 0.3) is 0 Å². The van der Waals surface area contributed by atoms with Crippen LogP contribution in [0, 0.1) is 5.92 Å². The third-order valence-electron chi connectivity index (χ3n) is 2.24. The minimum Gasteiger partial charge on any atom is -0.324 e. The Labute approximate surface area is 122 Å². The predicted molar refractivity (Wildman–Crippen MR) is 81.8 cm³/mol. The van der Waals surface area contributed by atoms with Crippen LogP contribution in [0.3, 0.4) is 0 Å². The average molecular weight is 306 g/mol. The lowest BCUT2D eigenvalue weighted by Crippen LogP contribution is -2.23. The van der Waals surface area contributed by atoms with Crippen molar-refractivity contribution in [2.24, 2.45) is 5.92 Å². The third kappa shape index (κ3) is 5.09. The summed E-state index contributed by atoms with van der Waals surface area (Å²) < 4.78 is 0. The molecule has 0 spiro atoms. The Morgan fingerprint density at radius 3 is 2.61 bits per heavy atom. The zero-order valence-corrected chi connectivity index (χ0v) is 13.0. The standard InChI is InChI=1S/C13H17Cl2NOS/c1-8(2)7-18-9(3)13(17)16-12-6-10(14)4-5-11(12)15/h4-6,8-9H,7H2,1-3H3,(H,16,17). The molecule has 1 N–H and O–H groups in total. The van der Waals surface area contributed by atoms with Gasteiger partial charge in [-0.05, 0) is 36.8 Å². The fraction of sp³-hybridized carbons (Fsp3) is 0.462. The Kier molecular flexibility index (Phi) is 6.33. The largest absolute Gasteiger partial charge is 0.324 e. The molecule has 0 aliphatic heterocycles. The molecular formula is C13H17Cl2NOS. The van der Waals surface area contributed by atoms with Crippen molar-refractivity contribution in [2.45, 2.75) is 26.0 Å². The van der Waals surface area contributed by atoms with Gasteiger partial charge in [-0.1, -0.05) is 37.0 Å². The maximum atomic E-state index is 12.0. The van der Waals surface area contributed by atoms with E-state index in [4.69, 9.17) is 23.2 Å². The van der Waals surface area contributed by atoms with Crippen molar-refractivity contribution in [1.29, 1.82) is 0 Å². The first kappa shape index (κ1) is 15.7. The van der Waals surface area contributed by atoms with Crippen molar-refractivity contribution in [3.63, 3.8) is 0 Å². The van der Waals surface area contributed by atoms with Gasteiger partial charge in [0.25, 0.3) is 0 Å². The van der Waals surface area contributed by atoms with Gasteiger partial charge in [0.05, 0.1) is 16.0 Å². The summed E-state index contributed by atoms with van der Waals surface area (Å²) in [7, 11) is 0. The number of halogens is 2. The van der Waals surface area contributed by atoms with Crippen molar-refractivity contribution < 1.29 is 4.79 Å². The van der Waals surface area contributed by atoms with Gasteiger partial charge in [-0.25, -0.2) is 0 Å². The third-order valence-corrected chi connectivity index (χ3v) is 4.37. The Morgan fingerprint density at radius 1 is 1.33 bits per heavy atom. The molecule has 1 atom stereocenters. The quantitative estimate of drug-likeness (QED) is 0.853. The van der Waals surface area contributed by atoms with E-state index < -0.39 is 0 Å². The van der Waals surface area contributed by atoms with Crippen LogP contribution in [0.5, 0.6) is 0 Å². The van der Waals surface area contributed by atoms with E-state index >= 15 is 0 Å². The number of hydrogen-bond donors (Lipinski definition) is 1. The minimum atomic E-state index is -0.109. The van der Waals surface area contributed by atoms with Gasteiger partial charge >= 0.3 is 0 Å². The average Bonchev–Trinajstić information content (AvgIpc) is 2.30. The van der Waals surface area contributed by atoms with Crippen molar-refractivity contribution in [2.75, 3.05) is 11.1 Å². The molecule has 0 radical (unpaired) electrons. The molecule has 2 nitrogen and oxygen atoms in total. The van der Waals surface area contributed by atoms with Gasteiger partial charge in [-0.3, -0.25) is 4.79 Å². The number of thioether (sulfide) groups is 1. The molecule has 5 heteroatoms. The van der Waals surface area contributed by atoms with Crippen LogP contribution in [-0.4, -0.2) is 16.9 Å². The van der Waals surface area contributed by atoms with Crippen LogP contribution in [-0.2, 0) is 4.79 Å². The molecule has 100 valence electrons. The van der Waals surface area contributed by atoms with Crippen molar-refractivity contribution in [1.82, 2.24) is 0 Å². The van der Waals surface area contributed by atoms with Crippen LogP contribution in [0.2, 0.25) is 10.0 Å². The van der Waals surface area contributed by atoms with Crippen LogP contribution >= 0.6 is 35.0 Å². The molecule has 1 aromatic rings. The van der Waals surface area contributed by atoms with E-state index in [0.717, 1.165) is 5.75 Å². The first-order valence-corrected chi connectivity index (χ1v) is 7.58. The molecule has 0 saturated heterocycles. The molecule has 0 saturated carbocycles. The minimum absolute atomic E-state index is 0.0511. The molecule has 18 heavy (non-hydrogen) atoms. The topological polar surface area (TPSA) is 29.1 Å². The highest BCUT2D eigenvalue weighted by molar-refractivity contribution is 8.00. The molecule has 1 unspecified atom stereocenters. The molecule has 0 aliphatic rings. The summed E-state index contributed by atoms with van der Waals surface area (Å²) in [6.07, 6.45) is 0. The molecule has 0 bridgehead atoms. The highest BCUT2D eigenvalue weighted by Crippen LogP contribution is 2.26. The van der Waals surface area contributed by atoms with Gasteiger partial charge < -0.3 is 5.32 Å². The first-order valence-electron chi connectivity index (χ1n) is 5.77. The summed E-state index contributed by atoms with van der Waals surface area (Å²) in [6.45, 7) is 6.15. The molecule has 0 fully saturated rings. The molecule has 1 rings (SSSR count). The second-order valence-electron chi connectivity index (χ2n) is 4.48. The zero-order valence-electron chi connectivity index (χ0n) is 10.7. The Balaban J connectivity index is 2.61. The van der Waals surface area contributed by atoms with Crippen molar-refractivity contribution >= 4 is 46.6 Å². The lowest BCUT2D eigenvalue weighted by Gasteiger charge is -2.14. The summed E-state index contributed by atoms with van der Waals surface area (Å²) in [5.74, 6) is 1.47. The molecule has 1 amide bonds. The number of hydrogen-bond acceptors (Lipinski definition) is 2. The first-order chi connectivity index (χ1) is 8.40. The van der Waals surface area contributed by atoms with Gasteiger partial charge in [0.2, 0.25) is 5.91 Å². The smallest absolute Gasteiger partial charge is 0.237 e. The Hall–Kier alpha value is -0.380. The Bertz CT molecular complexity index is 423. The van der Waals surface area contributed by atoms with E-state index in [0.29, 0.717) is 21.7 Å². The SMILES string of the molecule is CC(C)CSC(C)C(=O)Nc1cc(Cl)ccc1Cl.